The minimum Gasteiger partial charge on any atom is -0.490 e. The van der Waals surface area contributed by atoms with Crippen molar-refractivity contribution in [2.75, 3.05) is 18.8 Å². The molecule has 1 amide bonds. The van der Waals surface area contributed by atoms with Crippen molar-refractivity contribution in [3.8, 4) is 5.75 Å². The van der Waals surface area contributed by atoms with Crippen LogP contribution < -0.4 is 10.5 Å². The van der Waals surface area contributed by atoms with Crippen LogP contribution in [0.2, 0.25) is 5.02 Å². The number of hydrogen-bond donors (Lipinski definition) is 1. The van der Waals surface area contributed by atoms with E-state index in [2.05, 4.69) is 4.98 Å². The Hall–Kier alpha value is -2.87. The van der Waals surface area contributed by atoms with Crippen molar-refractivity contribution in [1.29, 1.82) is 0 Å². The standard InChI is InChI=1S/C26H31ClFN5O2/c1-14(2)35-22-17(15(3)24-31-16(4)21-23(29)30-9-10-33(21)24)11-18(27)20(28)19(22)25(34)32-12-26(13-32)7-5-6-8-26/h9-11,14-15H,5-8,12-13H2,1-4H3,(H2,29,30). The number of anilines is 1. The Morgan fingerprint density at radius 1 is 1.26 bits per heavy atom. The Kier molecular flexibility index (Phi) is 5.90. The summed E-state index contributed by atoms with van der Waals surface area (Å²) in [5.41, 5.74) is 8.25. The van der Waals surface area contributed by atoms with Crippen LogP contribution in [0.3, 0.4) is 0 Å². The summed E-state index contributed by atoms with van der Waals surface area (Å²) in [5.74, 6) is -0.203. The molecule has 0 bridgehead atoms. The highest BCUT2D eigenvalue weighted by molar-refractivity contribution is 6.31. The molecule has 3 aromatic rings. The lowest BCUT2D eigenvalue weighted by atomic mass is 9.78. The average molecular weight is 500 g/mol. The van der Waals surface area contributed by atoms with Gasteiger partial charge in [0.2, 0.25) is 0 Å². The van der Waals surface area contributed by atoms with E-state index >= 15 is 4.39 Å². The minimum absolute atomic E-state index is 0.0975. The second-order valence-corrected chi connectivity index (χ2v) is 10.7. The van der Waals surface area contributed by atoms with Crippen molar-refractivity contribution in [2.45, 2.75) is 65.4 Å². The molecule has 1 aliphatic heterocycles. The summed E-state index contributed by atoms with van der Waals surface area (Å²) in [6.45, 7) is 8.82. The van der Waals surface area contributed by atoms with Gasteiger partial charge < -0.3 is 15.4 Å². The number of aryl methyl sites for hydroxylation is 1. The summed E-state index contributed by atoms with van der Waals surface area (Å²) in [4.78, 5) is 24.3. The van der Waals surface area contributed by atoms with Gasteiger partial charge in [-0.15, -0.1) is 0 Å². The molecule has 186 valence electrons. The number of aromatic nitrogens is 3. The SMILES string of the molecule is Cc1nc(C(C)c2cc(Cl)c(F)c(C(=O)N3CC4(CCCC4)C3)c2OC(C)C)n2ccnc(N)c12. The lowest BCUT2D eigenvalue weighted by Crippen LogP contribution is -2.57. The first-order chi connectivity index (χ1) is 16.6. The van der Waals surface area contributed by atoms with Crippen molar-refractivity contribution >= 4 is 28.8 Å². The Morgan fingerprint density at radius 2 is 1.94 bits per heavy atom. The van der Waals surface area contributed by atoms with Crippen LogP contribution in [-0.4, -0.2) is 44.4 Å². The topological polar surface area (TPSA) is 85.8 Å². The number of ether oxygens (including phenoxy) is 1. The van der Waals surface area contributed by atoms with Gasteiger partial charge in [-0.2, -0.15) is 0 Å². The Morgan fingerprint density at radius 3 is 2.60 bits per heavy atom. The molecule has 1 saturated heterocycles. The number of likely N-dealkylation sites (tertiary alicyclic amines) is 1. The molecular formula is C26H31ClFN5O2. The van der Waals surface area contributed by atoms with Gasteiger partial charge in [-0.1, -0.05) is 31.4 Å². The fraction of sp³-hybridized carbons (Fsp3) is 0.500. The third-order valence-corrected chi connectivity index (χ3v) is 7.69. The highest BCUT2D eigenvalue weighted by atomic mass is 35.5. The molecule has 3 heterocycles. The zero-order valence-corrected chi connectivity index (χ0v) is 21.3. The van der Waals surface area contributed by atoms with Gasteiger partial charge in [0.1, 0.15) is 28.5 Å². The number of carbonyl (C=O) groups is 1. The zero-order valence-electron chi connectivity index (χ0n) is 20.6. The molecule has 35 heavy (non-hydrogen) atoms. The molecule has 2 fully saturated rings. The fourth-order valence-corrected chi connectivity index (χ4v) is 5.94. The maximum atomic E-state index is 15.5. The lowest BCUT2D eigenvalue weighted by molar-refractivity contribution is 0.00855. The third-order valence-electron chi connectivity index (χ3n) is 7.41. The van der Waals surface area contributed by atoms with E-state index in [1.807, 2.05) is 32.1 Å². The van der Waals surface area contributed by atoms with Crippen LogP contribution in [0.25, 0.3) is 5.52 Å². The van der Waals surface area contributed by atoms with Crippen molar-refractivity contribution in [1.82, 2.24) is 19.3 Å². The van der Waals surface area contributed by atoms with Gasteiger partial charge >= 0.3 is 0 Å². The van der Waals surface area contributed by atoms with Crippen LogP contribution in [0.4, 0.5) is 10.2 Å². The van der Waals surface area contributed by atoms with Gasteiger partial charge in [0.05, 0.1) is 16.8 Å². The molecular weight excluding hydrogens is 469 g/mol. The second kappa shape index (κ2) is 8.66. The number of fused-ring (bicyclic) bond motifs is 1. The van der Waals surface area contributed by atoms with Crippen LogP contribution >= 0.6 is 11.6 Å². The molecule has 2 aromatic heterocycles. The summed E-state index contributed by atoms with van der Waals surface area (Å²) < 4.78 is 23.5. The maximum Gasteiger partial charge on any atom is 0.260 e. The van der Waals surface area contributed by atoms with Crippen LogP contribution in [0.5, 0.6) is 5.75 Å². The van der Waals surface area contributed by atoms with E-state index in [0.29, 0.717) is 35.8 Å². The molecule has 1 atom stereocenters. The quantitative estimate of drug-likeness (QED) is 0.510. The van der Waals surface area contributed by atoms with Gasteiger partial charge in [-0.3, -0.25) is 9.20 Å². The number of nitrogens with zero attached hydrogens (tertiary/aromatic N) is 4. The molecule has 2 aliphatic rings. The van der Waals surface area contributed by atoms with E-state index < -0.39 is 5.82 Å². The normalized spacial score (nSPS) is 17.9. The van der Waals surface area contributed by atoms with Gasteiger partial charge in [0.25, 0.3) is 5.91 Å². The zero-order chi connectivity index (χ0) is 25.1. The van der Waals surface area contributed by atoms with Gasteiger partial charge in [-0.05, 0) is 39.7 Å². The van der Waals surface area contributed by atoms with E-state index in [1.54, 1.807) is 23.4 Å². The van der Waals surface area contributed by atoms with Crippen molar-refractivity contribution in [2.24, 2.45) is 5.41 Å². The molecule has 0 radical (unpaired) electrons. The monoisotopic (exact) mass is 499 g/mol. The van der Waals surface area contributed by atoms with Crippen molar-refractivity contribution in [3.05, 3.63) is 51.9 Å². The summed E-state index contributed by atoms with van der Waals surface area (Å²) >= 11 is 6.38. The first kappa shape index (κ1) is 23.9. The number of halogens is 2. The van der Waals surface area contributed by atoms with Gasteiger partial charge in [0.15, 0.2) is 5.82 Å². The molecule has 5 rings (SSSR count). The van der Waals surface area contributed by atoms with Gasteiger partial charge in [0, 0.05) is 42.4 Å². The van der Waals surface area contributed by atoms with Crippen LogP contribution in [0.1, 0.15) is 79.8 Å². The summed E-state index contributed by atoms with van der Waals surface area (Å²) in [6.07, 6.45) is 7.75. The first-order valence-electron chi connectivity index (χ1n) is 12.2. The second-order valence-electron chi connectivity index (χ2n) is 10.3. The van der Waals surface area contributed by atoms with Crippen molar-refractivity contribution in [3.63, 3.8) is 0 Å². The smallest absolute Gasteiger partial charge is 0.260 e. The third kappa shape index (κ3) is 3.92. The van der Waals surface area contributed by atoms with E-state index in [4.69, 9.17) is 27.1 Å². The Balaban J connectivity index is 1.61. The summed E-state index contributed by atoms with van der Waals surface area (Å²) in [6, 6.07) is 1.55. The predicted octanol–water partition coefficient (Wildman–Crippen LogP) is 5.37. The number of amides is 1. The molecule has 7 nitrogen and oxygen atoms in total. The molecule has 1 unspecified atom stereocenters. The highest BCUT2D eigenvalue weighted by Crippen LogP contribution is 2.47. The van der Waals surface area contributed by atoms with Crippen LogP contribution in [0.15, 0.2) is 18.5 Å². The Bertz CT molecular complexity index is 1310. The van der Waals surface area contributed by atoms with E-state index in [1.165, 1.54) is 12.8 Å². The van der Waals surface area contributed by atoms with Gasteiger partial charge in [-0.25, -0.2) is 14.4 Å². The number of hydrogen-bond acceptors (Lipinski definition) is 5. The highest BCUT2D eigenvalue weighted by Gasteiger charge is 2.48. The molecule has 9 heteroatoms. The fourth-order valence-electron chi connectivity index (χ4n) is 5.72. The number of carbonyl (C=O) groups excluding carboxylic acids is 1. The molecule has 1 saturated carbocycles. The maximum absolute atomic E-state index is 15.5. The largest absolute Gasteiger partial charge is 0.490 e. The number of nitrogens with two attached hydrogens (primary N) is 1. The molecule has 1 spiro atoms. The molecule has 1 aliphatic carbocycles. The molecule has 1 aromatic carbocycles. The lowest BCUT2D eigenvalue weighted by Gasteiger charge is -2.48. The van der Waals surface area contributed by atoms with Crippen LogP contribution in [-0.2, 0) is 0 Å². The van der Waals surface area contributed by atoms with Crippen LogP contribution in [0, 0.1) is 18.2 Å². The van der Waals surface area contributed by atoms with Crippen molar-refractivity contribution < 1.29 is 13.9 Å². The van der Waals surface area contributed by atoms with E-state index in [-0.39, 0.29) is 39.7 Å². The summed E-state index contributed by atoms with van der Waals surface area (Å²) in [7, 11) is 0. The predicted molar refractivity (Wildman–Crippen MR) is 134 cm³/mol. The van der Waals surface area contributed by atoms with E-state index in [9.17, 15) is 4.79 Å². The number of imidazole rings is 1. The number of nitrogen functional groups attached to an aromatic ring is 1. The number of benzene rings is 1. The first-order valence-corrected chi connectivity index (χ1v) is 12.6. The number of rotatable bonds is 5. The van der Waals surface area contributed by atoms with E-state index in [0.717, 1.165) is 18.5 Å². The summed E-state index contributed by atoms with van der Waals surface area (Å²) in [5, 5.41) is -0.110. The average Bonchev–Trinajstić information content (AvgIpc) is 3.40. The minimum atomic E-state index is -0.742. The Labute approximate surface area is 209 Å². The molecule has 2 N–H and O–H groups in total.